The minimum Gasteiger partial charge on any atom is -0.355 e. The van der Waals surface area contributed by atoms with Gasteiger partial charge in [-0.1, -0.05) is 39.5 Å². The molecule has 1 aliphatic rings. The average Bonchev–Trinajstić information content (AvgIpc) is 2.66. The van der Waals surface area contributed by atoms with Crippen molar-refractivity contribution in [1.29, 1.82) is 0 Å². The quantitative estimate of drug-likeness (QED) is 0.702. The van der Waals surface area contributed by atoms with Crippen LogP contribution in [0, 0.1) is 11.8 Å². The smallest absolute Gasteiger partial charge is 0.236 e. The highest BCUT2D eigenvalue weighted by Crippen LogP contribution is 2.25. The summed E-state index contributed by atoms with van der Waals surface area (Å²) in [6.45, 7) is 9.38. The SMILES string of the molecule is CC(C)CCNC(=O)C(C)N[C@@H](C)C1CCCCCC1. The lowest BCUT2D eigenvalue weighted by atomic mass is 9.92. The van der Waals surface area contributed by atoms with Gasteiger partial charge in [0.2, 0.25) is 5.91 Å². The van der Waals surface area contributed by atoms with Crippen LogP contribution >= 0.6 is 0 Å². The van der Waals surface area contributed by atoms with Gasteiger partial charge in [-0.3, -0.25) is 4.79 Å². The fraction of sp³-hybridized carbons (Fsp3) is 0.941. The van der Waals surface area contributed by atoms with Gasteiger partial charge in [0.25, 0.3) is 0 Å². The maximum Gasteiger partial charge on any atom is 0.236 e. The summed E-state index contributed by atoms with van der Waals surface area (Å²) in [5, 5.41) is 6.54. The zero-order valence-electron chi connectivity index (χ0n) is 13.9. The van der Waals surface area contributed by atoms with Gasteiger partial charge in [-0.25, -0.2) is 0 Å². The highest BCUT2D eigenvalue weighted by Gasteiger charge is 2.22. The largest absolute Gasteiger partial charge is 0.355 e. The van der Waals surface area contributed by atoms with E-state index in [1.807, 2.05) is 6.92 Å². The van der Waals surface area contributed by atoms with Crippen LogP contribution in [0.15, 0.2) is 0 Å². The van der Waals surface area contributed by atoms with Gasteiger partial charge in [-0.15, -0.1) is 0 Å². The van der Waals surface area contributed by atoms with E-state index in [2.05, 4.69) is 31.4 Å². The third-order valence-corrected chi connectivity index (χ3v) is 4.53. The average molecular weight is 282 g/mol. The number of carbonyl (C=O) groups is 1. The molecule has 0 aromatic rings. The summed E-state index contributed by atoms with van der Waals surface area (Å²) in [6.07, 6.45) is 9.16. The lowest BCUT2D eigenvalue weighted by Crippen LogP contribution is -2.48. The topological polar surface area (TPSA) is 41.1 Å². The number of nitrogens with one attached hydrogen (secondary N) is 2. The molecule has 0 spiro atoms. The van der Waals surface area contributed by atoms with Crippen molar-refractivity contribution in [3.63, 3.8) is 0 Å². The molecule has 1 aliphatic carbocycles. The van der Waals surface area contributed by atoms with Crippen LogP contribution in [0.5, 0.6) is 0 Å². The molecule has 1 unspecified atom stereocenters. The first-order valence-electron chi connectivity index (χ1n) is 8.54. The van der Waals surface area contributed by atoms with Crippen LogP contribution in [-0.2, 0) is 4.79 Å². The first-order valence-corrected chi connectivity index (χ1v) is 8.54. The molecule has 3 heteroatoms. The second kappa shape index (κ2) is 9.38. The molecule has 2 N–H and O–H groups in total. The number of carbonyl (C=O) groups excluding carboxylic acids is 1. The predicted octanol–water partition coefficient (Wildman–Crippen LogP) is 3.49. The summed E-state index contributed by atoms with van der Waals surface area (Å²) in [7, 11) is 0. The molecule has 2 atom stereocenters. The maximum absolute atomic E-state index is 12.0. The zero-order valence-corrected chi connectivity index (χ0v) is 13.9. The summed E-state index contributed by atoms with van der Waals surface area (Å²) in [4.78, 5) is 12.0. The van der Waals surface area contributed by atoms with Crippen molar-refractivity contribution in [2.24, 2.45) is 11.8 Å². The zero-order chi connectivity index (χ0) is 15.0. The van der Waals surface area contributed by atoms with Crippen molar-refractivity contribution in [3.8, 4) is 0 Å². The lowest BCUT2D eigenvalue weighted by molar-refractivity contribution is -0.123. The molecular formula is C17H34N2O. The number of rotatable bonds is 7. The monoisotopic (exact) mass is 282 g/mol. The highest BCUT2D eigenvalue weighted by atomic mass is 16.2. The third-order valence-electron chi connectivity index (χ3n) is 4.53. The second-order valence-corrected chi connectivity index (χ2v) is 6.90. The van der Waals surface area contributed by atoms with E-state index in [1.165, 1.54) is 38.5 Å². The molecule has 0 aromatic carbocycles. The molecule has 1 rings (SSSR count). The second-order valence-electron chi connectivity index (χ2n) is 6.90. The Kier molecular flexibility index (Phi) is 8.20. The Hall–Kier alpha value is -0.570. The van der Waals surface area contributed by atoms with Crippen LogP contribution < -0.4 is 10.6 Å². The molecule has 0 aromatic heterocycles. The minimum absolute atomic E-state index is 0.0829. The van der Waals surface area contributed by atoms with Crippen LogP contribution in [0.25, 0.3) is 0 Å². The van der Waals surface area contributed by atoms with Crippen LogP contribution in [0.1, 0.15) is 72.6 Å². The first kappa shape index (κ1) is 17.5. The van der Waals surface area contributed by atoms with Crippen molar-refractivity contribution in [3.05, 3.63) is 0 Å². The van der Waals surface area contributed by atoms with E-state index >= 15 is 0 Å². The Morgan fingerprint density at radius 3 is 2.20 bits per heavy atom. The Morgan fingerprint density at radius 2 is 1.65 bits per heavy atom. The van der Waals surface area contributed by atoms with Crippen molar-refractivity contribution < 1.29 is 4.79 Å². The summed E-state index contributed by atoms with van der Waals surface area (Å²) < 4.78 is 0. The summed E-state index contributed by atoms with van der Waals surface area (Å²) in [5.41, 5.74) is 0. The molecule has 1 fully saturated rings. The van der Waals surface area contributed by atoms with Gasteiger partial charge in [-0.05, 0) is 44.9 Å². The summed E-state index contributed by atoms with van der Waals surface area (Å²) in [6, 6.07) is 0.361. The number of amides is 1. The van der Waals surface area contributed by atoms with E-state index in [0.29, 0.717) is 12.0 Å². The lowest BCUT2D eigenvalue weighted by Gasteiger charge is -2.26. The van der Waals surface area contributed by atoms with E-state index in [1.54, 1.807) is 0 Å². The van der Waals surface area contributed by atoms with Crippen LogP contribution in [0.3, 0.4) is 0 Å². The molecular weight excluding hydrogens is 248 g/mol. The molecule has 118 valence electrons. The minimum atomic E-state index is -0.0829. The van der Waals surface area contributed by atoms with E-state index in [0.717, 1.165) is 18.9 Å². The Labute approximate surface area is 125 Å². The van der Waals surface area contributed by atoms with Crippen molar-refractivity contribution in [2.45, 2.75) is 84.7 Å². The van der Waals surface area contributed by atoms with Crippen LogP contribution in [0.4, 0.5) is 0 Å². The van der Waals surface area contributed by atoms with Gasteiger partial charge < -0.3 is 10.6 Å². The summed E-state index contributed by atoms with van der Waals surface area (Å²) in [5.74, 6) is 1.53. The maximum atomic E-state index is 12.0. The van der Waals surface area contributed by atoms with E-state index < -0.39 is 0 Å². The van der Waals surface area contributed by atoms with E-state index in [9.17, 15) is 4.79 Å². The molecule has 1 amide bonds. The molecule has 0 aliphatic heterocycles. The Balaban J connectivity index is 2.28. The van der Waals surface area contributed by atoms with Crippen molar-refractivity contribution in [2.75, 3.05) is 6.54 Å². The Bertz CT molecular complexity index is 270. The van der Waals surface area contributed by atoms with Gasteiger partial charge >= 0.3 is 0 Å². The molecule has 20 heavy (non-hydrogen) atoms. The van der Waals surface area contributed by atoms with Gasteiger partial charge in [0.1, 0.15) is 0 Å². The summed E-state index contributed by atoms with van der Waals surface area (Å²) >= 11 is 0. The van der Waals surface area contributed by atoms with E-state index in [-0.39, 0.29) is 11.9 Å². The third kappa shape index (κ3) is 6.74. The fourth-order valence-electron chi connectivity index (χ4n) is 3.05. The normalized spacial score (nSPS) is 20.4. The molecule has 0 radical (unpaired) electrons. The first-order chi connectivity index (χ1) is 9.50. The fourth-order valence-corrected chi connectivity index (χ4v) is 3.05. The van der Waals surface area contributed by atoms with Crippen LogP contribution in [-0.4, -0.2) is 24.5 Å². The van der Waals surface area contributed by atoms with Crippen LogP contribution in [0.2, 0.25) is 0 Å². The number of hydrogen-bond acceptors (Lipinski definition) is 2. The van der Waals surface area contributed by atoms with Gasteiger partial charge in [0.05, 0.1) is 6.04 Å². The number of hydrogen-bond donors (Lipinski definition) is 2. The predicted molar refractivity (Wildman–Crippen MR) is 85.7 cm³/mol. The Morgan fingerprint density at radius 1 is 1.05 bits per heavy atom. The molecule has 0 bridgehead atoms. The molecule has 0 heterocycles. The molecule has 0 saturated heterocycles. The van der Waals surface area contributed by atoms with Crippen molar-refractivity contribution >= 4 is 5.91 Å². The standard InChI is InChI=1S/C17H34N2O/c1-13(2)11-12-18-17(20)15(4)19-14(3)16-9-7-5-6-8-10-16/h13-16,19H,5-12H2,1-4H3,(H,18,20)/t14-,15?/m0/s1. The van der Waals surface area contributed by atoms with Gasteiger partial charge in [-0.2, -0.15) is 0 Å². The molecule has 3 nitrogen and oxygen atoms in total. The highest BCUT2D eigenvalue weighted by molar-refractivity contribution is 5.81. The van der Waals surface area contributed by atoms with Crippen molar-refractivity contribution in [1.82, 2.24) is 10.6 Å². The molecule has 1 saturated carbocycles. The van der Waals surface area contributed by atoms with E-state index in [4.69, 9.17) is 0 Å². The van der Waals surface area contributed by atoms with Gasteiger partial charge in [0.15, 0.2) is 0 Å². The van der Waals surface area contributed by atoms with Gasteiger partial charge in [0, 0.05) is 12.6 Å².